The summed E-state index contributed by atoms with van der Waals surface area (Å²) < 4.78 is 5.30. The minimum absolute atomic E-state index is 0.259. The van der Waals surface area contributed by atoms with E-state index >= 15 is 0 Å². The van der Waals surface area contributed by atoms with E-state index in [1.165, 1.54) is 12.4 Å². The van der Waals surface area contributed by atoms with Crippen molar-refractivity contribution in [3.05, 3.63) is 30.1 Å². The van der Waals surface area contributed by atoms with Crippen LogP contribution in [0.25, 0.3) is 0 Å². The molecule has 0 radical (unpaired) electrons. The predicted octanol–water partition coefficient (Wildman–Crippen LogP) is 0.766. The monoisotopic (exact) mass is 307 g/mol. The van der Waals surface area contributed by atoms with E-state index in [4.69, 9.17) is 10.5 Å². The Kier molecular flexibility index (Phi) is 4.48. The lowest BCUT2D eigenvalue weighted by Crippen LogP contribution is -2.66. The zero-order valence-corrected chi connectivity index (χ0v) is 12.9. The fourth-order valence-electron chi connectivity index (χ4n) is 2.44. The third kappa shape index (κ3) is 3.42. The van der Waals surface area contributed by atoms with E-state index in [1.807, 2.05) is 0 Å². The van der Waals surface area contributed by atoms with Crippen LogP contribution in [0.4, 0.5) is 0 Å². The van der Waals surface area contributed by atoms with Crippen molar-refractivity contribution in [3.8, 4) is 0 Å². The summed E-state index contributed by atoms with van der Waals surface area (Å²) in [6.07, 6.45) is 2.38. The van der Waals surface area contributed by atoms with Crippen molar-refractivity contribution >= 4 is 11.9 Å². The first-order chi connectivity index (χ1) is 10.2. The molecule has 1 aromatic heterocycles. The summed E-state index contributed by atoms with van der Waals surface area (Å²) in [5, 5.41) is 9.46. The SMILES string of the molecule is CC(C)(C)OC(=O)C1CN(C(C(=O)O)c2ccncc2)C1N. The summed E-state index contributed by atoms with van der Waals surface area (Å²) in [5.74, 6) is -1.91. The fourth-order valence-corrected chi connectivity index (χ4v) is 2.44. The Morgan fingerprint density at radius 3 is 2.45 bits per heavy atom. The van der Waals surface area contributed by atoms with Gasteiger partial charge in [0.2, 0.25) is 0 Å². The molecular weight excluding hydrogens is 286 g/mol. The van der Waals surface area contributed by atoms with Crippen LogP contribution < -0.4 is 5.73 Å². The van der Waals surface area contributed by atoms with Gasteiger partial charge in [-0.3, -0.25) is 19.5 Å². The van der Waals surface area contributed by atoms with E-state index in [0.717, 1.165) is 0 Å². The third-order valence-corrected chi connectivity index (χ3v) is 3.50. The molecule has 2 rings (SSSR count). The molecule has 7 nitrogen and oxygen atoms in total. The number of carboxylic acids is 1. The summed E-state index contributed by atoms with van der Waals surface area (Å²) in [6.45, 7) is 5.60. The number of aromatic nitrogens is 1. The minimum Gasteiger partial charge on any atom is -0.480 e. The number of carbonyl (C=O) groups is 2. The van der Waals surface area contributed by atoms with Gasteiger partial charge in [0.1, 0.15) is 11.6 Å². The number of pyridine rings is 1. The van der Waals surface area contributed by atoms with Crippen molar-refractivity contribution in [2.24, 2.45) is 11.7 Å². The average Bonchev–Trinajstić information content (AvgIpc) is 2.40. The number of hydrogen-bond donors (Lipinski definition) is 2. The maximum atomic E-state index is 12.0. The van der Waals surface area contributed by atoms with Gasteiger partial charge >= 0.3 is 11.9 Å². The molecule has 7 heteroatoms. The number of esters is 1. The molecule has 0 spiro atoms. The number of aliphatic carboxylic acids is 1. The molecule has 0 bridgehead atoms. The second-order valence-corrected chi connectivity index (χ2v) is 6.35. The van der Waals surface area contributed by atoms with Crippen molar-refractivity contribution in [2.75, 3.05) is 6.54 Å². The van der Waals surface area contributed by atoms with Gasteiger partial charge in [-0.1, -0.05) is 0 Å². The second kappa shape index (κ2) is 6.02. The minimum atomic E-state index is -1.01. The summed E-state index contributed by atoms with van der Waals surface area (Å²) in [5.41, 5.74) is 6.00. The molecule has 0 amide bonds. The molecule has 3 atom stereocenters. The summed E-state index contributed by atoms with van der Waals surface area (Å²) in [4.78, 5) is 29.0. The van der Waals surface area contributed by atoms with E-state index in [2.05, 4.69) is 4.98 Å². The first-order valence-electron chi connectivity index (χ1n) is 7.07. The number of rotatable bonds is 4. The molecule has 2 heterocycles. The van der Waals surface area contributed by atoms with Crippen molar-refractivity contribution < 1.29 is 19.4 Å². The number of carbonyl (C=O) groups excluding carboxylic acids is 1. The van der Waals surface area contributed by atoms with Crippen LogP contribution in [-0.4, -0.2) is 45.2 Å². The van der Waals surface area contributed by atoms with Gasteiger partial charge in [0.05, 0.1) is 12.1 Å². The van der Waals surface area contributed by atoms with Crippen LogP contribution in [0.3, 0.4) is 0 Å². The summed E-state index contributed by atoms with van der Waals surface area (Å²) in [6, 6.07) is 2.37. The van der Waals surface area contributed by atoms with Gasteiger partial charge in [-0.05, 0) is 38.5 Å². The standard InChI is InChI=1S/C15H21N3O4/c1-15(2,3)22-14(21)10-8-18(12(10)16)11(13(19)20)9-4-6-17-7-5-9/h4-7,10-12H,8,16H2,1-3H3,(H,19,20). The Balaban J connectivity index is 2.09. The smallest absolute Gasteiger partial charge is 0.325 e. The molecule has 120 valence electrons. The van der Waals surface area contributed by atoms with Gasteiger partial charge in [-0.2, -0.15) is 0 Å². The number of nitrogens with two attached hydrogens (primary N) is 1. The van der Waals surface area contributed by atoms with E-state index in [-0.39, 0.29) is 6.54 Å². The number of ether oxygens (including phenoxy) is 1. The predicted molar refractivity (Wildman–Crippen MR) is 78.6 cm³/mol. The van der Waals surface area contributed by atoms with E-state index in [9.17, 15) is 14.7 Å². The van der Waals surface area contributed by atoms with Crippen LogP contribution in [0.15, 0.2) is 24.5 Å². The Hall–Kier alpha value is -1.99. The molecule has 0 aliphatic carbocycles. The Morgan fingerprint density at radius 2 is 2.00 bits per heavy atom. The van der Waals surface area contributed by atoms with Crippen molar-refractivity contribution in [1.82, 2.24) is 9.88 Å². The Labute approximate surface area is 129 Å². The second-order valence-electron chi connectivity index (χ2n) is 6.35. The van der Waals surface area contributed by atoms with Crippen molar-refractivity contribution in [2.45, 2.75) is 38.6 Å². The third-order valence-electron chi connectivity index (χ3n) is 3.50. The lowest BCUT2D eigenvalue weighted by Gasteiger charge is -2.47. The van der Waals surface area contributed by atoms with Crippen LogP contribution in [0, 0.1) is 5.92 Å². The van der Waals surface area contributed by atoms with Gasteiger partial charge in [-0.25, -0.2) is 0 Å². The molecule has 1 fully saturated rings. The summed E-state index contributed by atoms with van der Waals surface area (Å²) >= 11 is 0. The number of carboxylic acid groups (broad SMARTS) is 1. The molecule has 1 saturated heterocycles. The average molecular weight is 307 g/mol. The molecular formula is C15H21N3O4. The normalized spacial score (nSPS) is 23.5. The first kappa shape index (κ1) is 16.4. The zero-order valence-electron chi connectivity index (χ0n) is 12.9. The lowest BCUT2D eigenvalue weighted by molar-refractivity contribution is -0.176. The molecule has 1 aliphatic rings. The number of hydrogen-bond acceptors (Lipinski definition) is 6. The Bertz CT molecular complexity index is 556. The van der Waals surface area contributed by atoms with Gasteiger partial charge in [0.15, 0.2) is 0 Å². The highest BCUT2D eigenvalue weighted by Gasteiger charge is 2.48. The van der Waals surface area contributed by atoms with Gasteiger partial charge in [0.25, 0.3) is 0 Å². The molecule has 0 aromatic carbocycles. The molecule has 1 aliphatic heterocycles. The molecule has 0 saturated carbocycles. The first-order valence-corrected chi connectivity index (χ1v) is 7.07. The van der Waals surface area contributed by atoms with Crippen LogP contribution >= 0.6 is 0 Å². The Morgan fingerprint density at radius 1 is 1.41 bits per heavy atom. The quantitative estimate of drug-likeness (QED) is 0.791. The van der Waals surface area contributed by atoms with E-state index in [1.54, 1.807) is 37.8 Å². The number of nitrogens with zero attached hydrogens (tertiary/aromatic N) is 2. The zero-order chi connectivity index (χ0) is 16.5. The van der Waals surface area contributed by atoms with Crippen molar-refractivity contribution in [1.29, 1.82) is 0 Å². The van der Waals surface area contributed by atoms with Crippen LogP contribution in [-0.2, 0) is 14.3 Å². The van der Waals surface area contributed by atoms with Crippen molar-refractivity contribution in [3.63, 3.8) is 0 Å². The van der Waals surface area contributed by atoms with Crippen LogP contribution in [0.1, 0.15) is 32.4 Å². The molecule has 3 unspecified atom stereocenters. The highest BCUT2D eigenvalue weighted by atomic mass is 16.6. The maximum absolute atomic E-state index is 12.0. The van der Waals surface area contributed by atoms with Gasteiger partial charge < -0.3 is 15.6 Å². The fraction of sp³-hybridized carbons (Fsp3) is 0.533. The highest BCUT2D eigenvalue weighted by Crippen LogP contribution is 2.33. The highest BCUT2D eigenvalue weighted by molar-refractivity contribution is 5.78. The van der Waals surface area contributed by atoms with Gasteiger partial charge in [-0.15, -0.1) is 0 Å². The van der Waals surface area contributed by atoms with E-state index in [0.29, 0.717) is 5.56 Å². The summed E-state index contributed by atoms with van der Waals surface area (Å²) in [7, 11) is 0. The maximum Gasteiger partial charge on any atom is 0.325 e. The lowest BCUT2D eigenvalue weighted by atomic mass is 9.90. The van der Waals surface area contributed by atoms with Gasteiger partial charge in [0, 0.05) is 18.9 Å². The van der Waals surface area contributed by atoms with Crippen LogP contribution in [0.2, 0.25) is 0 Å². The van der Waals surface area contributed by atoms with E-state index < -0.39 is 35.7 Å². The molecule has 3 N–H and O–H groups in total. The number of likely N-dealkylation sites (tertiary alicyclic amines) is 1. The van der Waals surface area contributed by atoms with Crippen LogP contribution in [0.5, 0.6) is 0 Å². The molecule has 1 aromatic rings. The largest absolute Gasteiger partial charge is 0.480 e. The molecule has 22 heavy (non-hydrogen) atoms. The topological polar surface area (TPSA) is 106 Å².